The summed E-state index contributed by atoms with van der Waals surface area (Å²) >= 11 is 0. The summed E-state index contributed by atoms with van der Waals surface area (Å²) in [5, 5.41) is 24.1. The third-order valence-corrected chi connectivity index (χ3v) is 8.84. The van der Waals surface area contributed by atoms with E-state index in [1.807, 2.05) is 0 Å². The number of carbonyl (C=O) groups is 5. The Balaban J connectivity index is 1.63. The second-order valence-electron chi connectivity index (χ2n) is 10.3. The highest BCUT2D eigenvalue weighted by molar-refractivity contribution is 7.85. The average molecular weight is 595 g/mol. The lowest BCUT2D eigenvalue weighted by Gasteiger charge is -2.33. The van der Waals surface area contributed by atoms with Crippen LogP contribution in [0.1, 0.15) is 50.5 Å². The van der Waals surface area contributed by atoms with Crippen molar-refractivity contribution in [2.24, 2.45) is 11.7 Å². The van der Waals surface area contributed by atoms with E-state index in [-0.39, 0.29) is 49.5 Å². The van der Waals surface area contributed by atoms with Gasteiger partial charge in [0.2, 0.25) is 11.8 Å². The van der Waals surface area contributed by atoms with Crippen LogP contribution in [0.2, 0.25) is 0 Å². The van der Waals surface area contributed by atoms with Gasteiger partial charge >= 0.3 is 18.0 Å². The molecule has 0 bridgehead atoms. The number of carboxylic acid groups (broad SMARTS) is 2. The van der Waals surface area contributed by atoms with Gasteiger partial charge in [-0.25, -0.2) is 14.4 Å². The molecule has 13 nitrogen and oxygen atoms in total. The Labute approximate surface area is 240 Å². The Hall–Kier alpha value is -3.52. The number of hydrogen-bond donors (Lipinski definition) is 5. The molecule has 41 heavy (non-hydrogen) atoms. The molecule has 1 saturated carbocycles. The first-order valence-electron chi connectivity index (χ1n) is 13.7. The summed E-state index contributed by atoms with van der Waals surface area (Å²) in [5.41, 5.74) is 6.15. The highest BCUT2D eigenvalue weighted by Crippen LogP contribution is 2.40. The van der Waals surface area contributed by atoms with E-state index in [1.54, 1.807) is 30.3 Å². The summed E-state index contributed by atoms with van der Waals surface area (Å²) in [7, 11) is -1.60. The van der Waals surface area contributed by atoms with E-state index in [0.29, 0.717) is 18.4 Å². The van der Waals surface area contributed by atoms with Crippen molar-refractivity contribution in [2.45, 2.75) is 75.7 Å². The number of carboxylic acids is 2. The van der Waals surface area contributed by atoms with Gasteiger partial charge in [0.1, 0.15) is 24.7 Å². The summed E-state index contributed by atoms with van der Waals surface area (Å²) in [5.74, 6) is -4.05. The molecule has 1 aromatic rings. The molecular formula is C27H38N4O9S. The predicted molar refractivity (Wildman–Crippen MR) is 148 cm³/mol. The van der Waals surface area contributed by atoms with Gasteiger partial charge in [0, 0.05) is 35.6 Å². The summed E-state index contributed by atoms with van der Waals surface area (Å²) in [6.45, 7) is -0.00257. The number of hydrogen-bond acceptors (Lipinski definition) is 8. The van der Waals surface area contributed by atoms with E-state index < -0.39 is 58.8 Å². The SMILES string of the molecule is NCCS(=O)C[C@H](NC(=O)OCc1ccccc1)C(=O)N[C@H](CCC(=O)N1[C@H](C(=O)O)C[C@@H]2CCCC[C@@H]21)C(=O)O. The van der Waals surface area contributed by atoms with Crippen molar-refractivity contribution in [3.63, 3.8) is 0 Å². The number of amides is 3. The average Bonchev–Trinajstić information content (AvgIpc) is 3.34. The molecule has 1 aliphatic heterocycles. The predicted octanol–water partition coefficient (Wildman–Crippen LogP) is 0.583. The fraction of sp³-hybridized carbons (Fsp3) is 0.593. The lowest BCUT2D eigenvalue weighted by molar-refractivity contribution is -0.150. The van der Waals surface area contributed by atoms with Crippen molar-refractivity contribution >= 4 is 40.6 Å². The van der Waals surface area contributed by atoms with Gasteiger partial charge in [0.15, 0.2) is 0 Å². The Morgan fingerprint density at radius 2 is 1.76 bits per heavy atom. The van der Waals surface area contributed by atoms with Crippen LogP contribution in [0.3, 0.4) is 0 Å². The molecule has 1 unspecified atom stereocenters. The molecule has 6 N–H and O–H groups in total. The van der Waals surface area contributed by atoms with E-state index in [9.17, 15) is 38.4 Å². The maximum Gasteiger partial charge on any atom is 0.408 e. The zero-order chi connectivity index (χ0) is 29.9. The molecule has 2 fully saturated rings. The second-order valence-corrected chi connectivity index (χ2v) is 11.9. The number of fused-ring (bicyclic) bond motifs is 1. The fourth-order valence-electron chi connectivity index (χ4n) is 5.46. The van der Waals surface area contributed by atoms with Crippen LogP contribution >= 0.6 is 0 Å². The number of rotatable bonds is 14. The van der Waals surface area contributed by atoms with Crippen LogP contribution in [-0.4, -0.2) is 91.4 Å². The number of aliphatic carboxylic acids is 2. The standard InChI is InChI=1S/C27H38N4O9S/c28-12-13-41(39)16-20(30-27(38)40-15-17-6-2-1-3-7-17)24(33)29-19(25(34)35)10-11-23(32)31-21-9-5-4-8-18(21)14-22(31)26(36)37/h1-3,6-7,18-22H,4-5,8-16,28H2,(H,29,33)(H,30,38)(H,34,35)(H,36,37)/t18-,19+,20-,21-,22-,41?/m0/s1. The van der Waals surface area contributed by atoms with Crippen molar-refractivity contribution < 1.29 is 43.1 Å². The van der Waals surface area contributed by atoms with Crippen LogP contribution in [0.4, 0.5) is 4.79 Å². The van der Waals surface area contributed by atoms with Gasteiger partial charge in [-0.3, -0.25) is 13.8 Å². The van der Waals surface area contributed by atoms with E-state index >= 15 is 0 Å². The number of likely N-dealkylation sites (tertiary alicyclic amines) is 1. The van der Waals surface area contributed by atoms with Crippen molar-refractivity contribution in [2.75, 3.05) is 18.1 Å². The van der Waals surface area contributed by atoms with Gasteiger partial charge in [-0.1, -0.05) is 43.2 Å². The van der Waals surface area contributed by atoms with Crippen LogP contribution < -0.4 is 16.4 Å². The molecule has 6 atom stereocenters. The van der Waals surface area contributed by atoms with Crippen LogP contribution in [-0.2, 0) is 41.3 Å². The second kappa shape index (κ2) is 15.5. The number of alkyl carbamates (subject to hydrolysis) is 1. The van der Waals surface area contributed by atoms with Gasteiger partial charge in [0.05, 0.1) is 5.75 Å². The largest absolute Gasteiger partial charge is 0.480 e. The highest BCUT2D eigenvalue weighted by Gasteiger charge is 2.47. The fourth-order valence-corrected chi connectivity index (χ4v) is 6.49. The monoisotopic (exact) mass is 594 g/mol. The smallest absolute Gasteiger partial charge is 0.408 e. The van der Waals surface area contributed by atoms with Gasteiger partial charge in [-0.05, 0) is 37.2 Å². The Morgan fingerprint density at radius 3 is 2.41 bits per heavy atom. The Bertz CT molecular complexity index is 1120. The first kappa shape index (κ1) is 32.0. The minimum Gasteiger partial charge on any atom is -0.480 e. The van der Waals surface area contributed by atoms with Crippen LogP contribution in [0.15, 0.2) is 30.3 Å². The molecule has 0 aromatic heterocycles. The maximum absolute atomic E-state index is 13.1. The molecule has 1 saturated heterocycles. The minimum absolute atomic E-state index is 0.0596. The van der Waals surface area contributed by atoms with Gasteiger partial charge < -0.3 is 36.2 Å². The number of benzene rings is 1. The normalized spacial score (nSPS) is 22.1. The number of nitrogens with zero attached hydrogens (tertiary/aromatic N) is 1. The van der Waals surface area contributed by atoms with Crippen LogP contribution in [0.5, 0.6) is 0 Å². The summed E-state index contributed by atoms with van der Waals surface area (Å²) in [6, 6.07) is 4.75. The number of ether oxygens (including phenoxy) is 1. The van der Waals surface area contributed by atoms with Crippen molar-refractivity contribution in [1.29, 1.82) is 0 Å². The third kappa shape index (κ3) is 9.25. The summed E-state index contributed by atoms with van der Waals surface area (Å²) in [4.78, 5) is 63.8. The molecule has 2 aliphatic rings. The van der Waals surface area contributed by atoms with E-state index in [2.05, 4.69) is 10.6 Å². The van der Waals surface area contributed by atoms with E-state index in [0.717, 1.165) is 19.3 Å². The van der Waals surface area contributed by atoms with Crippen molar-refractivity contribution in [1.82, 2.24) is 15.5 Å². The molecule has 3 rings (SSSR count). The molecule has 226 valence electrons. The molecule has 14 heteroatoms. The number of carbonyl (C=O) groups excluding carboxylic acids is 3. The molecular weight excluding hydrogens is 556 g/mol. The topological polar surface area (TPSA) is 205 Å². The Morgan fingerprint density at radius 1 is 1.05 bits per heavy atom. The zero-order valence-corrected chi connectivity index (χ0v) is 23.6. The number of nitrogens with two attached hydrogens (primary N) is 1. The molecule has 0 radical (unpaired) electrons. The minimum atomic E-state index is -1.60. The van der Waals surface area contributed by atoms with Gasteiger partial charge in [-0.2, -0.15) is 0 Å². The lowest BCUT2D eigenvalue weighted by atomic mass is 9.84. The van der Waals surface area contributed by atoms with Crippen molar-refractivity contribution in [3.05, 3.63) is 35.9 Å². The molecule has 1 heterocycles. The molecule has 1 aromatic carbocycles. The quantitative estimate of drug-likeness (QED) is 0.203. The molecule has 3 amide bonds. The molecule has 0 spiro atoms. The maximum atomic E-state index is 13.1. The summed E-state index contributed by atoms with van der Waals surface area (Å²) < 4.78 is 17.5. The lowest BCUT2D eigenvalue weighted by Crippen LogP contribution is -2.54. The first-order valence-corrected chi connectivity index (χ1v) is 15.2. The van der Waals surface area contributed by atoms with Gasteiger partial charge in [0.25, 0.3) is 0 Å². The van der Waals surface area contributed by atoms with Crippen LogP contribution in [0, 0.1) is 5.92 Å². The third-order valence-electron chi connectivity index (χ3n) is 7.44. The first-order chi connectivity index (χ1) is 19.6. The highest BCUT2D eigenvalue weighted by atomic mass is 32.2. The van der Waals surface area contributed by atoms with E-state index in [1.165, 1.54) is 4.90 Å². The van der Waals surface area contributed by atoms with Crippen molar-refractivity contribution in [3.8, 4) is 0 Å². The molecule has 1 aliphatic carbocycles. The van der Waals surface area contributed by atoms with E-state index in [4.69, 9.17) is 10.5 Å². The Kier molecular flexibility index (Phi) is 12.1. The van der Waals surface area contributed by atoms with Crippen LogP contribution in [0.25, 0.3) is 0 Å². The zero-order valence-electron chi connectivity index (χ0n) is 22.7. The van der Waals surface area contributed by atoms with Gasteiger partial charge in [-0.15, -0.1) is 0 Å². The number of nitrogens with one attached hydrogen (secondary N) is 2. The summed E-state index contributed by atoms with van der Waals surface area (Å²) in [6.07, 6.45) is 2.24.